The smallest absolute Gasteiger partial charge is 0.151 e. The Kier molecular flexibility index (Phi) is 2.75. The Morgan fingerprint density at radius 3 is 2.80 bits per heavy atom. The second kappa shape index (κ2) is 4.04. The average Bonchev–Trinajstić information content (AvgIpc) is 2.24. The maximum absolute atomic E-state index is 5.53. The fraction of sp³-hybridized carbons (Fsp3) is 0.636. The number of hydrogen-bond acceptors (Lipinski definition) is 4. The number of nitrogens with zero attached hydrogens (tertiary/aromatic N) is 3. The first kappa shape index (κ1) is 10.2. The molecule has 1 aliphatic heterocycles. The van der Waals surface area contributed by atoms with E-state index in [1.165, 1.54) is 12.8 Å². The Bertz CT molecular complexity index is 322. The van der Waals surface area contributed by atoms with Crippen LogP contribution in [0.15, 0.2) is 12.1 Å². The van der Waals surface area contributed by atoms with Crippen molar-refractivity contribution in [1.82, 2.24) is 10.2 Å². The van der Waals surface area contributed by atoms with Crippen LogP contribution in [-0.4, -0.2) is 22.8 Å². The minimum absolute atomic E-state index is 0.483. The van der Waals surface area contributed by atoms with Gasteiger partial charge in [-0.15, -0.1) is 10.2 Å². The van der Waals surface area contributed by atoms with Gasteiger partial charge in [0, 0.05) is 12.6 Å². The Balaban J connectivity index is 2.18. The van der Waals surface area contributed by atoms with Crippen LogP contribution < -0.4 is 10.6 Å². The van der Waals surface area contributed by atoms with Gasteiger partial charge in [0.1, 0.15) is 5.82 Å². The van der Waals surface area contributed by atoms with Crippen LogP contribution >= 0.6 is 0 Å². The fourth-order valence-corrected chi connectivity index (χ4v) is 2.15. The van der Waals surface area contributed by atoms with E-state index < -0.39 is 0 Å². The molecule has 15 heavy (non-hydrogen) atoms. The van der Waals surface area contributed by atoms with Gasteiger partial charge >= 0.3 is 0 Å². The minimum atomic E-state index is 0.483. The highest BCUT2D eigenvalue weighted by Crippen LogP contribution is 2.26. The van der Waals surface area contributed by atoms with Crippen LogP contribution in [0.5, 0.6) is 0 Å². The van der Waals surface area contributed by atoms with E-state index in [0.717, 1.165) is 18.3 Å². The Labute approximate surface area is 90.5 Å². The van der Waals surface area contributed by atoms with E-state index in [1.807, 2.05) is 12.1 Å². The third-order valence-electron chi connectivity index (χ3n) is 3.34. The van der Waals surface area contributed by atoms with Crippen LogP contribution in [0.4, 0.5) is 11.6 Å². The molecule has 82 valence electrons. The molecule has 0 aromatic carbocycles. The van der Waals surface area contributed by atoms with Crippen LogP contribution in [0.1, 0.15) is 26.7 Å². The van der Waals surface area contributed by atoms with Crippen molar-refractivity contribution in [3.8, 4) is 0 Å². The molecular weight excluding hydrogens is 188 g/mol. The predicted molar refractivity (Wildman–Crippen MR) is 61.7 cm³/mol. The largest absolute Gasteiger partial charge is 0.382 e. The highest BCUT2D eigenvalue weighted by atomic mass is 15.3. The standard InChI is InChI=1S/C11H18N4/c1-8-4-3-7-15(9(8)2)11-6-5-10(12)13-14-11/h5-6,8-9H,3-4,7H2,1-2H3,(H2,12,13). The molecule has 0 spiro atoms. The maximum Gasteiger partial charge on any atom is 0.151 e. The van der Waals surface area contributed by atoms with Gasteiger partial charge in [-0.25, -0.2) is 0 Å². The summed E-state index contributed by atoms with van der Waals surface area (Å²) in [5, 5.41) is 8.04. The molecule has 1 aromatic heterocycles. The number of nitrogens with two attached hydrogens (primary N) is 1. The molecule has 2 rings (SSSR count). The van der Waals surface area contributed by atoms with Gasteiger partial charge in [0.25, 0.3) is 0 Å². The zero-order valence-corrected chi connectivity index (χ0v) is 9.35. The van der Waals surface area contributed by atoms with Crippen molar-refractivity contribution in [2.45, 2.75) is 32.7 Å². The molecule has 4 nitrogen and oxygen atoms in total. The lowest BCUT2D eigenvalue weighted by Crippen LogP contribution is -2.43. The molecular formula is C11H18N4. The summed E-state index contributed by atoms with van der Waals surface area (Å²) in [6.45, 7) is 5.62. The van der Waals surface area contributed by atoms with E-state index in [0.29, 0.717) is 11.9 Å². The maximum atomic E-state index is 5.53. The molecule has 4 heteroatoms. The van der Waals surface area contributed by atoms with Crippen LogP contribution in [0.2, 0.25) is 0 Å². The lowest BCUT2D eigenvalue weighted by Gasteiger charge is -2.38. The summed E-state index contributed by atoms with van der Waals surface area (Å²) in [6.07, 6.45) is 2.54. The monoisotopic (exact) mass is 206 g/mol. The van der Waals surface area contributed by atoms with E-state index in [9.17, 15) is 0 Å². The van der Waals surface area contributed by atoms with E-state index in [1.54, 1.807) is 0 Å². The SMILES string of the molecule is CC1CCCN(c2ccc(N)nn2)C1C. The van der Waals surface area contributed by atoms with Crippen molar-refractivity contribution in [3.63, 3.8) is 0 Å². The quantitative estimate of drug-likeness (QED) is 0.759. The Morgan fingerprint density at radius 2 is 2.13 bits per heavy atom. The van der Waals surface area contributed by atoms with E-state index >= 15 is 0 Å². The Morgan fingerprint density at radius 1 is 1.33 bits per heavy atom. The molecule has 0 aliphatic carbocycles. The average molecular weight is 206 g/mol. The van der Waals surface area contributed by atoms with E-state index in [-0.39, 0.29) is 0 Å². The predicted octanol–water partition coefficient (Wildman–Crippen LogP) is 1.68. The number of hydrogen-bond donors (Lipinski definition) is 1. The molecule has 0 bridgehead atoms. The molecule has 1 aliphatic rings. The molecule has 1 fully saturated rings. The van der Waals surface area contributed by atoms with Gasteiger partial charge in [0.05, 0.1) is 0 Å². The highest BCUT2D eigenvalue weighted by molar-refractivity contribution is 5.42. The van der Waals surface area contributed by atoms with E-state index in [4.69, 9.17) is 5.73 Å². The summed E-state index contributed by atoms with van der Waals surface area (Å²) >= 11 is 0. The molecule has 2 heterocycles. The number of piperidine rings is 1. The van der Waals surface area contributed by atoms with Crippen molar-refractivity contribution in [2.75, 3.05) is 17.2 Å². The third-order valence-corrected chi connectivity index (χ3v) is 3.34. The molecule has 1 aromatic rings. The third kappa shape index (κ3) is 2.03. The molecule has 2 unspecified atom stereocenters. The number of aromatic nitrogens is 2. The minimum Gasteiger partial charge on any atom is -0.382 e. The lowest BCUT2D eigenvalue weighted by molar-refractivity contribution is 0.361. The number of nitrogen functional groups attached to an aromatic ring is 1. The van der Waals surface area contributed by atoms with Crippen LogP contribution in [0.25, 0.3) is 0 Å². The number of anilines is 2. The first-order chi connectivity index (χ1) is 7.18. The van der Waals surface area contributed by atoms with Crippen molar-refractivity contribution in [3.05, 3.63) is 12.1 Å². The van der Waals surface area contributed by atoms with E-state index in [2.05, 4.69) is 28.9 Å². The molecule has 0 saturated carbocycles. The first-order valence-corrected chi connectivity index (χ1v) is 5.54. The van der Waals surface area contributed by atoms with Gasteiger partial charge in [-0.1, -0.05) is 6.92 Å². The van der Waals surface area contributed by atoms with Crippen LogP contribution in [-0.2, 0) is 0 Å². The van der Waals surface area contributed by atoms with Gasteiger partial charge < -0.3 is 10.6 Å². The van der Waals surface area contributed by atoms with Crippen LogP contribution in [0, 0.1) is 5.92 Å². The number of rotatable bonds is 1. The van der Waals surface area contributed by atoms with Crippen molar-refractivity contribution < 1.29 is 0 Å². The summed E-state index contributed by atoms with van der Waals surface area (Å²) in [7, 11) is 0. The van der Waals surface area contributed by atoms with Crippen molar-refractivity contribution in [1.29, 1.82) is 0 Å². The van der Waals surface area contributed by atoms with Crippen molar-refractivity contribution >= 4 is 11.6 Å². The van der Waals surface area contributed by atoms with Gasteiger partial charge in [-0.2, -0.15) is 0 Å². The van der Waals surface area contributed by atoms with Gasteiger partial charge in [0.15, 0.2) is 5.82 Å². The summed E-state index contributed by atoms with van der Waals surface area (Å²) < 4.78 is 0. The molecule has 2 N–H and O–H groups in total. The summed E-state index contributed by atoms with van der Waals surface area (Å²) in [5.41, 5.74) is 5.53. The van der Waals surface area contributed by atoms with Gasteiger partial charge in [-0.05, 0) is 37.8 Å². The second-order valence-corrected chi connectivity index (χ2v) is 4.37. The van der Waals surface area contributed by atoms with Gasteiger partial charge in [0.2, 0.25) is 0 Å². The molecule has 0 amide bonds. The Hall–Kier alpha value is -1.32. The highest BCUT2D eigenvalue weighted by Gasteiger charge is 2.25. The fourth-order valence-electron chi connectivity index (χ4n) is 2.15. The summed E-state index contributed by atoms with van der Waals surface area (Å²) in [5.74, 6) is 2.15. The van der Waals surface area contributed by atoms with Crippen molar-refractivity contribution in [2.24, 2.45) is 5.92 Å². The van der Waals surface area contributed by atoms with Crippen LogP contribution in [0.3, 0.4) is 0 Å². The summed E-state index contributed by atoms with van der Waals surface area (Å²) in [4.78, 5) is 2.32. The second-order valence-electron chi connectivity index (χ2n) is 4.37. The van der Waals surface area contributed by atoms with Gasteiger partial charge in [-0.3, -0.25) is 0 Å². The molecule has 1 saturated heterocycles. The molecule has 0 radical (unpaired) electrons. The first-order valence-electron chi connectivity index (χ1n) is 5.54. The lowest BCUT2D eigenvalue weighted by atomic mass is 9.92. The zero-order valence-electron chi connectivity index (χ0n) is 9.35. The summed E-state index contributed by atoms with van der Waals surface area (Å²) in [6, 6.07) is 4.31. The zero-order chi connectivity index (χ0) is 10.8. The molecule has 2 atom stereocenters. The topological polar surface area (TPSA) is 55.0 Å². The normalized spacial score (nSPS) is 26.7.